The Morgan fingerprint density at radius 3 is 2.95 bits per heavy atom. The van der Waals surface area contributed by atoms with E-state index in [1.807, 2.05) is 31.2 Å². The SMILES string of the molecule is CCCC1NC(=O)CN(CCOc2cccc(Br)c2)C1=O. The Hall–Kier alpha value is -1.56. The van der Waals surface area contributed by atoms with Crippen molar-refractivity contribution in [1.82, 2.24) is 10.2 Å². The van der Waals surface area contributed by atoms with Crippen LogP contribution in [0.15, 0.2) is 28.7 Å². The standard InChI is InChI=1S/C15H19BrN2O3/c1-2-4-13-15(20)18(10-14(19)17-13)7-8-21-12-6-3-5-11(16)9-12/h3,5-6,9,13H,2,4,7-8,10H2,1H3,(H,17,19). The molecule has 0 aliphatic carbocycles. The number of halogens is 1. The lowest BCUT2D eigenvalue weighted by molar-refractivity contribution is -0.144. The molecule has 0 aromatic heterocycles. The molecule has 2 amide bonds. The highest BCUT2D eigenvalue weighted by molar-refractivity contribution is 9.10. The third kappa shape index (κ3) is 4.46. The zero-order valence-corrected chi connectivity index (χ0v) is 13.6. The Kier molecular flexibility index (Phi) is 5.61. The molecule has 1 aliphatic rings. The number of rotatable bonds is 6. The molecule has 1 aliphatic heterocycles. The lowest BCUT2D eigenvalue weighted by atomic mass is 10.1. The van der Waals surface area contributed by atoms with Crippen molar-refractivity contribution in [2.45, 2.75) is 25.8 Å². The zero-order chi connectivity index (χ0) is 15.2. The minimum absolute atomic E-state index is 0.0192. The molecule has 1 N–H and O–H groups in total. The fourth-order valence-corrected chi connectivity index (χ4v) is 2.66. The van der Waals surface area contributed by atoms with E-state index in [9.17, 15) is 9.59 Å². The van der Waals surface area contributed by atoms with Gasteiger partial charge in [-0.15, -0.1) is 0 Å². The summed E-state index contributed by atoms with van der Waals surface area (Å²) in [5.74, 6) is 0.619. The monoisotopic (exact) mass is 354 g/mol. The van der Waals surface area contributed by atoms with Gasteiger partial charge < -0.3 is 15.0 Å². The average molecular weight is 355 g/mol. The van der Waals surface area contributed by atoms with E-state index in [2.05, 4.69) is 21.2 Å². The summed E-state index contributed by atoms with van der Waals surface area (Å²) in [6.07, 6.45) is 1.53. The van der Waals surface area contributed by atoms with Crippen molar-refractivity contribution in [1.29, 1.82) is 0 Å². The maximum Gasteiger partial charge on any atom is 0.245 e. The van der Waals surface area contributed by atoms with Gasteiger partial charge in [0.25, 0.3) is 0 Å². The molecule has 0 bridgehead atoms. The van der Waals surface area contributed by atoms with Crippen LogP contribution in [0, 0.1) is 0 Å². The van der Waals surface area contributed by atoms with Crippen LogP contribution in [-0.4, -0.2) is 42.5 Å². The van der Waals surface area contributed by atoms with Crippen molar-refractivity contribution in [2.24, 2.45) is 0 Å². The molecule has 0 radical (unpaired) electrons. The zero-order valence-electron chi connectivity index (χ0n) is 12.0. The molecule has 1 saturated heterocycles. The molecule has 114 valence electrons. The fourth-order valence-electron chi connectivity index (χ4n) is 2.28. The molecule has 21 heavy (non-hydrogen) atoms. The van der Waals surface area contributed by atoms with E-state index in [1.54, 1.807) is 4.90 Å². The minimum Gasteiger partial charge on any atom is -0.492 e. The van der Waals surface area contributed by atoms with Crippen LogP contribution in [0.1, 0.15) is 19.8 Å². The second-order valence-corrected chi connectivity index (χ2v) is 5.89. The molecule has 1 aromatic carbocycles. The lowest BCUT2D eigenvalue weighted by Gasteiger charge is -2.32. The summed E-state index contributed by atoms with van der Waals surface area (Å²) >= 11 is 3.38. The van der Waals surface area contributed by atoms with E-state index in [0.29, 0.717) is 19.6 Å². The molecule has 1 unspecified atom stereocenters. The highest BCUT2D eigenvalue weighted by Crippen LogP contribution is 2.17. The van der Waals surface area contributed by atoms with Crippen LogP contribution in [0.25, 0.3) is 0 Å². The topological polar surface area (TPSA) is 58.6 Å². The van der Waals surface area contributed by atoms with Crippen LogP contribution in [0.4, 0.5) is 0 Å². The third-order valence-corrected chi connectivity index (χ3v) is 3.78. The summed E-state index contributed by atoms with van der Waals surface area (Å²) < 4.78 is 6.55. The predicted molar refractivity (Wildman–Crippen MR) is 83.1 cm³/mol. The molecule has 1 heterocycles. The number of ether oxygens (including phenoxy) is 1. The first-order valence-corrected chi connectivity index (χ1v) is 7.86. The predicted octanol–water partition coefficient (Wildman–Crippen LogP) is 1.95. The van der Waals surface area contributed by atoms with Crippen LogP contribution >= 0.6 is 15.9 Å². The molecule has 1 fully saturated rings. The molecule has 6 heteroatoms. The van der Waals surface area contributed by atoms with E-state index in [1.165, 1.54) is 0 Å². The average Bonchev–Trinajstić information content (AvgIpc) is 2.44. The number of piperazine rings is 1. The van der Waals surface area contributed by atoms with E-state index < -0.39 is 0 Å². The summed E-state index contributed by atoms with van der Waals surface area (Å²) in [4.78, 5) is 25.4. The number of carbonyl (C=O) groups excluding carboxylic acids is 2. The Morgan fingerprint density at radius 2 is 2.24 bits per heavy atom. The molecule has 2 rings (SSSR count). The first-order chi connectivity index (χ1) is 10.1. The highest BCUT2D eigenvalue weighted by atomic mass is 79.9. The maximum absolute atomic E-state index is 12.2. The second-order valence-electron chi connectivity index (χ2n) is 4.97. The van der Waals surface area contributed by atoms with Crippen molar-refractivity contribution in [3.63, 3.8) is 0 Å². The maximum atomic E-state index is 12.2. The Bertz CT molecular complexity index is 521. The molecule has 0 spiro atoms. The number of carbonyl (C=O) groups is 2. The number of nitrogens with zero attached hydrogens (tertiary/aromatic N) is 1. The smallest absolute Gasteiger partial charge is 0.245 e. The first-order valence-electron chi connectivity index (χ1n) is 7.06. The van der Waals surface area contributed by atoms with Gasteiger partial charge in [-0.3, -0.25) is 9.59 Å². The molecule has 5 nitrogen and oxygen atoms in total. The fraction of sp³-hybridized carbons (Fsp3) is 0.467. The van der Waals surface area contributed by atoms with Gasteiger partial charge in [-0.05, 0) is 24.6 Å². The van der Waals surface area contributed by atoms with Gasteiger partial charge in [-0.2, -0.15) is 0 Å². The lowest BCUT2D eigenvalue weighted by Crippen LogP contribution is -2.58. The van der Waals surface area contributed by atoms with Crippen molar-refractivity contribution < 1.29 is 14.3 Å². The Balaban J connectivity index is 1.86. The van der Waals surface area contributed by atoms with Crippen molar-refractivity contribution in [3.8, 4) is 5.75 Å². The van der Waals surface area contributed by atoms with Crippen molar-refractivity contribution in [2.75, 3.05) is 19.7 Å². The van der Waals surface area contributed by atoms with Crippen LogP contribution in [0.3, 0.4) is 0 Å². The molecule has 0 saturated carbocycles. The van der Waals surface area contributed by atoms with Gasteiger partial charge >= 0.3 is 0 Å². The van der Waals surface area contributed by atoms with Crippen molar-refractivity contribution >= 4 is 27.7 Å². The number of benzene rings is 1. The van der Waals surface area contributed by atoms with E-state index in [-0.39, 0.29) is 24.4 Å². The van der Waals surface area contributed by atoms with Gasteiger partial charge in [0.2, 0.25) is 11.8 Å². The van der Waals surface area contributed by atoms with Crippen LogP contribution in [0.2, 0.25) is 0 Å². The normalized spacial score (nSPS) is 18.6. The molecular weight excluding hydrogens is 336 g/mol. The number of nitrogens with one attached hydrogen (secondary N) is 1. The summed E-state index contributed by atoms with van der Waals surface area (Å²) in [6, 6.07) is 7.14. The quantitative estimate of drug-likeness (QED) is 0.849. The summed E-state index contributed by atoms with van der Waals surface area (Å²) in [7, 11) is 0. The number of hydrogen-bond acceptors (Lipinski definition) is 3. The van der Waals surface area contributed by atoms with Gasteiger partial charge in [0.1, 0.15) is 18.4 Å². The molecular formula is C15H19BrN2O3. The molecule has 1 aromatic rings. The molecule has 1 atom stereocenters. The van der Waals surface area contributed by atoms with Crippen LogP contribution < -0.4 is 10.1 Å². The summed E-state index contributed by atoms with van der Waals surface area (Å²) in [5, 5.41) is 2.74. The van der Waals surface area contributed by atoms with Gasteiger partial charge in [0.05, 0.1) is 13.1 Å². The second kappa shape index (κ2) is 7.45. The van der Waals surface area contributed by atoms with Crippen LogP contribution in [0.5, 0.6) is 5.75 Å². The Labute approximate surface area is 132 Å². The van der Waals surface area contributed by atoms with E-state index in [4.69, 9.17) is 4.74 Å². The minimum atomic E-state index is -0.387. The van der Waals surface area contributed by atoms with E-state index >= 15 is 0 Å². The third-order valence-electron chi connectivity index (χ3n) is 3.28. The first kappa shape index (κ1) is 15.8. The Morgan fingerprint density at radius 1 is 1.43 bits per heavy atom. The van der Waals surface area contributed by atoms with Gasteiger partial charge in [-0.25, -0.2) is 0 Å². The highest BCUT2D eigenvalue weighted by Gasteiger charge is 2.31. The largest absolute Gasteiger partial charge is 0.492 e. The summed E-state index contributed by atoms with van der Waals surface area (Å²) in [6.45, 7) is 2.89. The number of hydrogen-bond donors (Lipinski definition) is 1. The van der Waals surface area contributed by atoms with Gasteiger partial charge in [0.15, 0.2) is 0 Å². The van der Waals surface area contributed by atoms with E-state index in [0.717, 1.165) is 16.6 Å². The van der Waals surface area contributed by atoms with Crippen molar-refractivity contribution in [3.05, 3.63) is 28.7 Å². The van der Waals surface area contributed by atoms with Gasteiger partial charge in [-0.1, -0.05) is 35.3 Å². The van der Waals surface area contributed by atoms with Crippen LogP contribution in [-0.2, 0) is 9.59 Å². The summed E-state index contributed by atoms with van der Waals surface area (Å²) in [5.41, 5.74) is 0. The number of amides is 2. The van der Waals surface area contributed by atoms with Gasteiger partial charge in [0, 0.05) is 4.47 Å².